The number of carbonyl (C=O) groups excluding carboxylic acids is 2. The molecule has 3 N–H and O–H groups in total. The van der Waals surface area contributed by atoms with E-state index in [1.165, 1.54) is 0 Å². The molecule has 0 aliphatic rings. The number of anilines is 1. The molecule has 5 heteroatoms. The van der Waals surface area contributed by atoms with Gasteiger partial charge in [-0.1, -0.05) is 24.3 Å². The van der Waals surface area contributed by atoms with Crippen molar-refractivity contribution in [2.45, 2.75) is 26.4 Å². The van der Waals surface area contributed by atoms with Crippen LogP contribution in [0, 0.1) is 6.92 Å². The Balaban J connectivity index is 2.08. The summed E-state index contributed by atoms with van der Waals surface area (Å²) in [7, 11) is 0. The predicted octanol–water partition coefficient (Wildman–Crippen LogP) is 2.75. The zero-order valence-electron chi connectivity index (χ0n) is 13.9. The summed E-state index contributed by atoms with van der Waals surface area (Å²) < 4.78 is 0. The topological polar surface area (TPSA) is 78.4 Å². The summed E-state index contributed by atoms with van der Waals surface area (Å²) in [6.07, 6.45) is 0.0406. The van der Waals surface area contributed by atoms with Crippen LogP contribution < -0.4 is 10.6 Å². The molecule has 0 saturated heterocycles. The lowest BCUT2D eigenvalue weighted by molar-refractivity contribution is 0.0944. The first-order valence-corrected chi connectivity index (χ1v) is 7.90. The van der Waals surface area contributed by atoms with E-state index in [-0.39, 0.29) is 11.8 Å². The molecule has 5 nitrogen and oxygen atoms in total. The molecule has 2 aromatic carbocycles. The molecule has 0 spiro atoms. The highest BCUT2D eigenvalue weighted by Gasteiger charge is 2.11. The molecule has 0 aliphatic heterocycles. The smallest absolute Gasteiger partial charge is 0.255 e. The fourth-order valence-electron chi connectivity index (χ4n) is 2.18. The highest BCUT2D eigenvalue weighted by molar-refractivity contribution is 6.05. The van der Waals surface area contributed by atoms with Gasteiger partial charge in [0.15, 0.2) is 0 Å². The SMILES string of the molecule is Cc1ccc(C(=O)NCCC(C)O)cc1NC(=O)c1ccccc1. The number of benzene rings is 2. The van der Waals surface area contributed by atoms with Crippen LogP contribution >= 0.6 is 0 Å². The third-order valence-corrected chi connectivity index (χ3v) is 3.63. The van der Waals surface area contributed by atoms with Crippen LogP contribution in [0.4, 0.5) is 5.69 Å². The first kappa shape index (κ1) is 17.7. The van der Waals surface area contributed by atoms with Crippen molar-refractivity contribution in [1.29, 1.82) is 0 Å². The van der Waals surface area contributed by atoms with Crippen molar-refractivity contribution in [3.63, 3.8) is 0 Å². The van der Waals surface area contributed by atoms with E-state index in [1.54, 1.807) is 49.4 Å². The van der Waals surface area contributed by atoms with Crippen molar-refractivity contribution in [3.8, 4) is 0 Å². The molecule has 0 bridgehead atoms. The minimum Gasteiger partial charge on any atom is -0.393 e. The van der Waals surface area contributed by atoms with Crippen molar-refractivity contribution >= 4 is 17.5 Å². The van der Waals surface area contributed by atoms with Crippen LogP contribution in [0.1, 0.15) is 39.6 Å². The average Bonchev–Trinajstić information content (AvgIpc) is 2.57. The Morgan fingerprint density at radius 1 is 1.04 bits per heavy atom. The molecule has 2 rings (SSSR count). The van der Waals surface area contributed by atoms with Crippen LogP contribution in [0.3, 0.4) is 0 Å². The van der Waals surface area contributed by atoms with Gasteiger partial charge >= 0.3 is 0 Å². The summed E-state index contributed by atoms with van der Waals surface area (Å²) in [5.41, 5.74) is 2.50. The second-order valence-electron chi connectivity index (χ2n) is 5.74. The van der Waals surface area contributed by atoms with E-state index in [4.69, 9.17) is 0 Å². The number of hydrogen-bond acceptors (Lipinski definition) is 3. The summed E-state index contributed by atoms with van der Waals surface area (Å²) >= 11 is 0. The second kappa shape index (κ2) is 8.26. The molecular weight excluding hydrogens is 304 g/mol. The number of hydrogen-bond donors (Lipinski definition) is 3. The van der Waals surface area contributed by atoms with Gasteiger partial charge in [-0.05, 0) is 50.1 Å². The highest BCUT2D eigenvalue weighted by atomic mass is 16.3. The molecule has 0 radical (unpaired) electrons. The number of amides is 2. The molecule has 1 unspecified atom stereocenters. The number of nitrogens with one attached hydrogen (secondary N) is 2. The van der Waals surface area contributed by atoms with E-state index in [1.807, 2.05) is 13.0 Å². The van der Waals surface area contributed by atoms with Gasteiger partial charge in [0.25, 0.3) is 11.8 Å². The molecule has 2 aromatic rings. The molecular formula is C19H22N2O3. The zero-order valence-corrected chi connectivity index (χ0v) is 13.9. The first-order valence-electron chi connectivity index (χ1n) is 7.90. The van der Waals surface area contributed by atoms with Crippen molar-refractivity contribution in [3.05, 3.63) is 65.2 Å². The molecule has 0 saturated carbocycles. The van der Waals surface area contributed by atoms with Gasteiger partial charge in [-0.25, -0.2) is 0 Å². The Kier molecular flexibility index (Phi) is 6.09. The van der Waals surface area contributed by atoms with E-state index in [9.17, 15) is 14.7 Å². The summed E-state index contributed by atoms with van der Waals surface area (Å²) in [6, 6.07) is 14.1. The minimum absolute atomic E-state index is 0.217. The number of rotatable bonds is 6. The molecule has 2 amide bonds. The summed E-state index contributed by atoms with van der Waals surface area (Å²) in [6.45, 7) is 3.95. The third kappa shape index (κ3) is 4.93. The second-order valence-corrected chi connectivity index (χ2v) is 5.74. The number of aliphatic hydroxyl groups excluding tert-OH is 1. The lowest BCUT2D eigenvalue weighted by Gasteiger charge is -2.11. The van der Waals surface area contributed by atoms with Crippen LogP contribution in [-0.2, 0) is 0 Å². The van der Waals surface area contributed by atoms with E-state index in [0.29, 0.717) is 29.8 Å². The molecule has 126 valence electrons. The highest BCUT2D eigenvalue weighted by Crippen LogP contribution is 2.18. The maximum absolute atomic E-state index is 12.3. The number of aryl methyl sites for hydroxylation is 1. The van der Waals surface area contributed by atoms with Crippen LogP contribution in [-0.4, -0.2) is 29.6 Å². The lowest BCUT2D eigenvalue weighted by Crippen LogP contribution is -2.26. The predicted molar refractivity (Wildman–Crippen MR) is 94.2 cm³/mol. The van der Waals surface area contributed by atoms with Crippen molar-refractivity contribution in [2.24, 2.45) is 0 Å². The van der Waals surface area contributed by atoms with Crippen molar-refractivity contribution in [1.82, 2.24) is 5.32 Å². The molecule has 0 aliphatic carbocycles. The van der Waals surface area contributed by atoms with E-state index < -0.39 is 6.10 Å². The normalized spacial score (nSPS) is 11.6. The Morgan fingerprint density at radius 2 is 1.75 bits per heavy atom. The summed E-state index contributed by atoms with van der Waals surface area (Å²) in [5.74, 6) is -0.448. The maximum Gasteiger partial charge on any atom is 0.255 e. The van der Waals surface area contributed by atoms with Crippen LogP contribution in [0.2, 0.25) is 0 Å². The molecule has 0 aromatic heterocycles. The standard InChI is InChI=1S/C19H22N2O3/c1-13-8-9-16(18(23)20-11-10-14(2)22)12-17(13)21-19(24)15-6-4-3-5-7-15/h3-9,12,14,22H,10-11H2,1-2H3,(H,20,23)(H,21,24). The Hall–Kier alpha value is -2.66. The largest absolute Gasteiger partial charge is 0.393 e. The Labute approximate surface area is 141 Å². The van der Waals surface area contributed by atoms with Crippen LogP contribution in [0.5, 0.6) is 0 Å². The van der Waals surface area contributed by atoms with Gasteiger partial charge in [0.05, 0.1) is 6.10 Å². The first-order chi connectivity index (χ1) is 11.5. The third-order valence-electron chi connectivity index (χ3n) is 3.63. The zero-order chi connectivity index (χ0) is 17.5. The van der Waals surface area contributed by atoms with Gasteiger partial charge in [0.1, 0.15) is 0 Å². The van der Waals surface area contributed by atoms with E-state index in [0.717, 1.165) is 5.56 Å². The lowest BCUT2D eigenvalue weighted by atomic mass is 10.1. The Bertz CT molecular complexity index is 712. The van der Waals surface area contributed by atoms with Gasteiger partial charge in [0.2, 0.25) is 0 Å². The maximum atomic E-state index is 12.3. The van der Waals surface area contributed by atoms with E-state index in [2.05, 4.69) is 10.6 Å². The van der Waals surface area contributed by atoms with Gasteiger partial charge in [-0.15, -0.1) is 0 Å². The molecule has 0 fully saturated rings. The monoisotopic (exact) mass is 326 g/mol. The number of aliphatic hydroxyl groups is 1. The minimum atomic E-state index is -0.455. The fraction of sp³-hybridized carbons (Fsp3) is 0.263. The van der Waals surface area contributed by atoms with Crippen molar-refractivity contribution in [2.75, 3.05) is 11.9 Å². The van der Waals surface area contributed by atoms with Crippen molar-refractivity contribution < 1.29 is 14.7 Å². The molecule has 24 heavy (non-hydrogen) atoms. The quantitative estimate of drug-likeness (QED) is 0.764. The van der Waals surface area contributed by atoms with Gasteiger partial charge in [-0.3, -0.25) is 9.59 Å². The molecule has 0 heterocycles. The average molecular weight is 326 g/mol. The number of carbonyl (C=O) groups is 2. The van der Waals surface area contributed by atoms with Crippen LogP contribution in [0.15, 0.2) is 48.5 Å². The van der Waals surface area contributed by atoms with E-state index >= 15 is 0 Å². The van der Waals surface area contributed by atoms with Gasteiger partial charge in [-0.2, -0.15) is 0 Å². The summed E-state index contributed by atoms with van der Waals surface area (Å²) in [4.78, 5) is 24.4. The van der Waals surface area contributed by atoms with Gasteiger partial charge in [0, 0.05) is 23.4 Å². The molecule has 1 atom stereocenters. The Morgan fingerprint density at radius 3 is 2.42 bits per heavy atom. The fourth-order valence-corrected chi connectivity index (χ4v) is 2.18. The van der Waals surface area contributed by atoms with Gasteiger partial charge < -0.3 is 15.7 Å². The summed E-state index contributed by atoms with van der Waals surface area (Å²) in [5, 5.41) is 14.8. The van der Waals surface area contributed by atoms with Crippen LogP contribution in [0.25, 0.3) is 0 Å².